The van der Waals surface area contributed by atoms with E-state index >= 15 is 0 Å². The Morgan fingerprint density at radius 1 is 0.526 bits per heavy atom. The molecule has 0 aromatic heterocycles. The second-order valence-electron chi connectivity index (χ2n) is 9.57. The summed E-state index contributed by atoms with van der Waals surface area (Å²) in [6.07, 6.45) is 19.8. The molecule has 0 fully saturated rings. The Morgan fingerprint density at radius 2 is 0.816 bits per heavy atom. The molecule has 0 bridgehead atoms. The molecular weight excluding hydrogens is 570 g/mol. The quantitative estimate of drug-likeness (QED) is 0.0333. The first-order valence-electron chi connectivity index (χ1n) is 14.0. The summed E-state index contributed by atoms with van der Waals surface area (Å²) in [5, 5.41) is 41.0. The zero-order valence-corrected chi connectivity index (χ0v) is 27.0. The molecule has 0 spiro atoms. The third kappa shape index (κ3) is 21.9. The molecule has 13 heteroatoms. The van der Waals surface area contributed by atoms with Gasteiger partial charge in [-0.05, 0) is 24.3 Å². The van der Waals surface area contributed by atoms with Gasteiger partial charge in [0.25, 0.3) is 0 Å². The maximum absolute atomic E-state index is 11.4. The molecule has 0 unspecified atom stereocenters. The van der Waals surface area contributed by atoms with E-state index in [1.54, 1.807) is 0 Å². The SMILES string of the molecule is CCCCCCCCCCSC(O)(SCCCCCCCCCC)C(CO)(CO)CO.OP(O)OP(O)O. The lowest BCUT2D eigenvalue weighted by atomic mass is 9.92. The van der Waals surface area contributed by atoms with E-state index in [-0.39, 0.29) is 0 Å². The maximum atomic E-state index is 11.4. The van der Waals surface area contributed by atoms with E-state index in [0.29, 0.717) is 0 Å². The minimum Gasteiger partial charge on any atom is -0.395 e. The van der Waals surface area contributed by atoms with Crippen LogP contribution in [0.1, 0.15) is 117 Å². The molecule has 0 aliphatic heterocycles. The summed E-state index contributed by atoms with van der Waals surface area (Å²) in [4.78, 5) is 31.3. The van der Waals surface area contributed by atoms with E-state index in [1.165, 1.54) is 101 Å². The minimum absolute atomic E-state index is 0.425. The third-order valence-corrected chi connectivity index (χ3v) is 10.8. The van der Waals surface area contributed by atoms with E-state index in [0.717, 1.165) is 37.2 Å². The third-order valence-electron chi connectivity index (χ3n) is 6.32. The highest BCUT2D eigenvalue weighted by molar-refractivity contribution is 8.18. The fourth-order valence-electron chi connectivity index (χ4n) is 3.76. The van der Waals surface area contributed by atoms with Crippen molar-refractivity contribution in [3.8, 4) is 0 Å². The van der Waals surface area contributed by atoms with Gasteiger partial charge in [-0.3, -0.25) is 0 Å². The number of thioether (sulfide) groups is 2. The van der Waals surface area contributed by atoms with Crippen LogP contribution in [-0.4, -0.2) is 75.6 Å². The van der Waals surface area contributed by atoms with Crippen LogP contribution in [0.3, 0.4) is 0 Å². The van der Waals surface area contributed by atoms with Gasteiger partial charge in [-0.2, -0.15) is 0 Å². The van der Waals surface area contributed by atoms with Crippen LogP contribution in [0.2, 0.25) is 0 Å². The number of hydrogen-bond acceptors (Lipinski definition) is 11. The lowest BCUT2D eigenvalue weighted by molar-refractivity contribution is -0.0617. The van der Waals surface area contributed by atoms with E-state index < -0.39 is 46.7 Å². The molecule has 9 nitrogen and oxygen atoms in total. The molecule has 232 valence electrons. The van der Waals surface area contributed by atoms with E-state index in [2.05, 4.69) is 18.2 Å². The van der Waals surface area contributed by atoms with Crippen LogP contribution in [0.15, 0.2) is 0 Å². The Kier molecular flexibility index (Phi) is 30.8. The molecule has 0 aromatic rings. The highest BCUT2D eigenvalue weighted by atomic mass is 32.2. The van der Waals surface area contributed by atoms with E-state index in [4.69, 9.17) is 19.6 Å². The monoisotopic (exact) mass is 626 g/mol. The van der Waals surface area contributed by atoms with Crippen LogP contribution in [0.4, 0.5) is 0 Å². The van der Waals surface area contributed by atoms with E-state index in [9.17, 15) is 20.4 Å². The summed E-state index contributed by atoms with van der Waals surface area (Å²) in [6, 6.07) is 0. The van der Waals surface area contributed by atoms with Crippen LogP contribution in [0.5, 0.6) is 0 Å². The molecule has 0 aliphatic carbocycles. The second-order valence-corrected chi connectivity index (χ2v) is 14.1. The summed E-state index contributed by atoms with van der Waals surface area (Å²) in [7, 11) is -5.22. The number of unbranched alkanes of at least 4 members (excludes halogenated alkanes) is 14. The van der Waals surface area contributed by atoms with Crippen molar-refractivity contribution in [2.45, 2.75) is 121 Å². The lowest BCUT2D eigenvalue weighted by Crippen LogP contribution is -2.52. The van der Waals surface area contributed by atoms with Gasteiger partial charge < -0.3 is 40.0 Å². The normalized spacial score (nSPS) is 12.3. The van der Waals surface area contributed by atoms with E-state index in [1.807, 2.05) is 0 Å². The summed E-state index contributed by atoms with van der Waals surface area (Å²) >= 11 is 2.78. The van der Waals surface area contributed by atoms with Gasteiger partial charge in [-0.1, -0.05) is 104 Å². The predicted molar refractivity (Wildman–Crippen MR) is 163 cm³/mol. The number of rotatable bonds is 26. The van der Waals surface area contributed by atoms with Crippen molar-refractivity contribution >= 4 is 40.7 Å². The van der Waals surface area contributed by atoms with Crippen molar-refractivity contribution in [2.24, 2.45) is 5.41 Å². The molecule has 8 N–H and O–H groups in total. The Hall–Kier alpha value is 1.20. The van der Waals surface area contributed by atoms with Crippen LogP contribution in [-0.2, 0) is 4.31 Å². The molecule has 0 aliphatic rings. The van der Waals surface area contributed by atoms with Crippen LogP contribution in [0.25, 0.3) is 0 Å². The van der Waals surface area contributed by atoms with Gasteiger partial charge in [0, 0.05) is 0 Å². The summed E-state index contributed by atoms with van der Waals surface area (Å²) < 4.78 is 2.23. The molecule has 0 heterocycles. The molecule has 0 amide bonds. The lowest BCUT2D eigenvalue weighted by Gasteiger charge is -2.43. The molecule has 0 aromatic carbocycles. The Balaban J connectivity index is 0. The Morgan fingerprint density at radius 3 is 1.05 bits per heavy atom. The van der Waals surface area contributed by atoms with Gasteiger partial charge in [0.2, 0.25) is 0 Å². The first-order valence-corrected chi connectivity index (χ1v) is 18.3. The molecule has 0 atom stereocenters. The first-order chi connectivity index (χ1) is 18.2. The largest absolute Gasteiger partial charge is 0.395 e. The molecule has 0 saturated heterocycles. The van der Waals surface area contributed by atoms with Crippen molar-refractivity contribution in [3.05, 3.63) is 0 Å². The van der Waals surface area contributed by atoms with Crippen molar-refractivity contribution in [1.29, 1.82) is 0 Å². The molecular formula is C25H56O9P2S2. The van der Waals surface area contributed by atoms with Gasteiger partial charge in [0.05, 0.1) is 25.2 Å². The summed E-state index contributed by atoms with van der Waals surface area (Å²) in [5.74, 6) is 1.55. The van der Waals surface area contributed by atoms with Gasteiger partial charge >= 0.3 is 17.2 Å². The fourth-order valence-corrected chi connectivity index (χ4v) is 7.36. The standard InChI is InChI=1S/C25H52O4S2.H4O5P2/c1-3-5-7-9-11-13-15-17-19-30-25(29,24(21-26,22-27)23-28)31-20-18-16-14-12-10-8-6-4-2;1-6(2)5-7(3)4/h26-29H,3-23H2,1-2H3;1-4H. The number of aliphatic hydroxyl groups is 4. The molecule has 38 heavy (non-hydrogen) atoms. The van der Waals surface area contributed by atoms with Crippen LogP contribution < -0.4 is 0 Å². The minimum atomic E-state index is -2.61. The predicted octanol–water partition coefficient (Wildman–Crippen LogP) is 5.77. The zero-order valence-electron chi connectivity index (χ0n) is 23.5. The fraction of sp³-hybridized carbons (Fsp3) is 1.00. The summed E-state index contributed by atoms with van der Waals surface area (Å²) in [5.41, 5.74) is -1.29. The van der Waals surface area contributed by atoms with Crippen molar-refractivity contribution in [2.75, 3.05) is 31.3 Å². The summed E-state index contributed by atoms with van der Waals surface area (Å²) in [6.45, 7) is 3.19. The smallest absolute Gasteiger partial charge is 0.334 e. The highest BCUT2D eigenvalue weighted by Crippen LogP contribution is 2.49. The van der Waals surface area contributed by atoms with Crippen LogP contribution in [0, 0.1) is 5.41 Å². The number of hydrogen-bond donors (Lipinski definition) is 8. The van der Waals surface area contributed by atoms with Crippen molar-refractivity contribution in [3.63, 3.8) is 0 Å². The van der Waals surface area contributed by atoms with Crippen LogP contribution >= 0.6 is 40.7 Å². The van der Waals surface area contributed by atoms with Crippen molar-refractivity contribution in [1.82, 2.24) is 0 Å². The molecule has 0 saturated carbocycles. The number of aliphatic hydroxyl groups excluding tert-OH is 3. The Labute approximate surface area is 242 Å². The van der Waals surface area contributed by atoms with Gasteiger partial charge in [0.1, 0.15) is 0 Å². The average molecular weight is 627 g/mol. The maximum Gasteiger partial charge on any atom is 0.334 e. The second kappa shape index (κ2) is 28.3. The average Bonchev–Trinajstić information content (AvgIpc) is 2.87. The zero-order chi connectivity index (χ0) is 29.1. The van der Waals surface area contributed by atoms with Crippen molar-refractivity contribution < 1.29 is 44.3 Å². The van der Waals surface area contributed by atoms with Gasteiger partial charge in [-0.15, -0.1) is 23.5 Å². The van der Waals surface area contributed by atoms with Gasteiger partial charge in [-0.25, -0.2) is 4.31 Å². The topological polar surface area (TPSA) is 171 Å². The highest BCUT2D eigenvalue weighted by Gasteiger charge is 2.50. The Bertz CT molecular complexity index is 455. The van der Waals surface area contributed by atoms with Gasteiger partial charge in [0.15, 0.2) is 4.27 Å². The first kappa shape index (κ1) is 41.3. The molecule has 0 radical (unpaired) electrons. The molecule has 0 rings (SSSR count).